The molecule has 1 aromatic rings. The van der Waals surface area contributed by atoms with Gasteiger partial charge in [0.2, 0.25) is 0 Å². The molecule has 1 saturated heterocycles. The van der Waals surface area contributed by atoms with Gasteiger partial charge in [0, 0.05) is 51.4 Å². The molecule has 1 fully saturated rings. The summed E-state index contributed by atoms with van der Waals surface area (Å²) in [5.74, 6) is 1.39. The van der Waals surface area contributed by atoms with Crippen LogP contribution in [0.25, 0.3) is 0 Å². The van der Waals surface area contributed by atoms with Gasteiger partial charge in [-0.1, -0.05) is 19.9 Å². The van der Waals surface area contributed by atoms with E-state index in [1.54, 1.807) is 13.1 Å². The number of nitrogens with one attached hydrogen (secondary N) is 2. The van der Waals surface area contributed by atoms with Crippen LogP contribution in [0.5, 0.6) is 0 Å². The van der Waals surface area contributed by atoms with Crippen molar-refractivity contribution in [2.24, 2.45) is 10.9 Å². The monoisotopic (exact) mass is 377 g/mol. The van der Waals surface area contributed by atoms with Crippen LogP contribution in [-0.2, 0) is 13.1 Å². The van der Waals surface area contributed by atoms with Crippen molar-refractivity contribution in [2.75, 3.05) is 40.8 Å². The third-order valence-electron chi connectivity index (χ3n) is 4.83. The SMILES string of the molecule is CN=C(NCc1ccc(F)c(CN(C)C)c1)NC1CCN(CC(C)C)CC1. The van der Waals surface area contributed by atoms with E-state index in [0.717, 1.165) is 48.9 Å². The second-order valence-corrected chi connectivity index (χ2v) is 8.20. The predicted molar refractivity (Wildman–Crippen MR) is 111 cm³/mol. The van der Waals surface area contributed by atoms with Gasteiger partial charge in [-0.05, 0) is 50.6 Å². The van der Waals surface area contributed by atoms with Crippen molar-refractivity contribution >= 4 is 5.96 Å². The van der Waals surface area contributed by atoms with Crippen molar-refractivity contribution < 1.29 is 4.39 Å². The molecule has 152 valence electrons. The first-order valence-corrected chi connectivity index (χ1v) is 9.99. The molecule has 0 amide bonds. The summed E-state index contributed by atoms with van der Waals surface area (Å²) in [7, 11) is 5.69. The van der Waals surface area contributed by atoms with E-state index in [9.17, 15) is 4.39 Å². The Morgan fingerprint density at radius 1 is 1.30 bits per heavy atom. The van der Waals surface area contributed by atoms with Gasteiger partial charge in [-0.3, -0.25) is 4.99 Å². The smallest absolute Gasteiger partial charge is 0.191 e. The minimum absolute atomic E-state index is 0.150. The minimum atomic E-state index is -0.150. The quantitative estimate of drug-likeness (QED) is 0.566. The fourth-order valence-corrected chi connectivity index (χ4v) is 3.55. The number of benzene rings is 1. The summed E-state index contributed by atoms with van der Waals surface area (Å²) < 4.78 is 13.9. The fraction of sp³-hybridized carbons (Fsp3) is 0.667. The maximum absolute atomic E-state index is 13.9. The fourth-order valence-electron chi connectivity index (χ4n) is 3.55. The van der Waals surface area contributed by atoms with Crippen LogP contribution in [0.2, 0.25) is 0 Å². The largest absolute Gasteiger partial charge is 0.354 e. The Bertz CT molecular complexity index is 607. The maximum Gasteiger partial charge on any atom is 0.191 e. The summed E-state index contributed by atoms with van der Waals surface area (Å²) >= 11 is 0. The van der Waals surface area contributed by atoms with E-state index < -0.39 is 0 Å². The number of guanidine groups is 1. The summed E-state index contributed by atoms with van der Waals surface area (Å²) in [5, 5.41) is 6.90. The van der Waals surface area contributed by atoms with Gasteiger partial charge in [-0.2, -0.15) is 0 Å². The number of aliphatic imine (C=N–C) groups is 1. The summed E-state index contributed by atoms with van der Waals surface area (Å²) in [6, 6.07) is 5.77. The first kappa shape index (κ1) is 21.6. The molecule has 1 aromatic carbocycles. The van der Waals surface area contributed by atoms with Crippen molar-refractivity contribution in [2.45, 2.75) is 45.8 Å². The molecule has 0 unspecified atom stereocenters. The standard InChI is InChI=1S/C21H36FN5/c1-16(2)14-27-10-8-19(9-11-27)25-21(23-3)24-13-17-6-7-20(22)18(12-17)15-26(4)5/h6-7,12,16,19H,8-11,13-15H2,1-5H3,(H2,23,24,25). The highest BCUT2D eigenvalue weighted by molar-refractivity contribution is 5.79. The Balaban J connectivity index is 1.82. The van der Waals surface area contributed by atoms with E-state index in [0.29, 0.717) is 19.1 Å². The molecule has 0 spiro atoms. The molecule has 0 aromatic heterocycles. The highest BCUT2D eigenvalue weighted by Gasteiger charge is 2.20. The minimum Gasteiger partial charge on any atom is -0.354 e. The van der Waals surface area contributed by atoms with Gasteiger partial charge >= 0.3 is 0 Å². The van der Waals surface area contributed by atoms with Gasteiger partial charge in [0.05, 0.1) is 0 Å². The lowest BCUT2D eigenvalue weighted by molar-refractivity contribution is 0.187. The van der Waals surface area contributed by atoms with E-state index >= 15 is 0 Å². The van der Waals surface area contributed by atoms with Crippen molar-refractivity contribution in [1.29, 1.82) is 0 Å². The molecule has 2 rings (SSSR count). The van der Waals surface area contributed by atoms with E-state index in [1.807, 2.05) is 31.1 Å². The predicted octanol–water partition coefficient (Wildman–Crippen LogP) is 2.67. The van der Waals surface area contributed by atoms with Crippen LogP contribution >= 0.6 is 0 Å². The van der Waals surface area contributed by atoms with Crippen molar-refractivity contribution in [3.63, 3.8) is 0 Å². The van der Waals surface area contributed by atoms with Crippen LogP contribution < -0.4 is 10.6 Å². The molecule has 0 radical (unpaired) electrons. The topological polar surface area (TPSA) is 42.9 Å². The molecule has 2 N–H and O–H groups in total. The zero-order valence-corrected chi connectivity index (χ0v) is 17.6. The summed E-state index contributed by atoms with van der Waals surface area (Å²) in [6.07, 6.45) is 2.27. The first-order valence-electron chi connectivity index (χ1n) is 9.99. The van der Waals surface area contributed by atoms with Crippen molar-refractivity contribution in [1.82, 2.24) is 20.4 Å². The highest BCUT2D eigenvalue weighted by atomic mass is 19.1. The van der Waals surface area contributed by atoms with Crippen LogP contribution in [0.3, 0.4) is 0 Å². The molecule has 1 heterocycles. The Morgan fingerprint density at radius 2 is 2.00 bits per heavy atom. The molecule has 27 heavy (non-hydrogen) atoms. The van der Waals surface area contributed by atoms with Crippen LogP contribution in [0.4, 0.5) is 4.39 Å². The Kier molecular flexibility index (Phi) is 8.51. The Morgan fingerprint density at radius 3 is 2.59 bits per heavy atom. The number of rotatable bonds is 7. The molecular formula is C21H36FN5. The molecule has 0 saturated carbocycles. The van der Waals surface area contributed by atoms with Crippen LogP contribution in [0.15, 0.2) is 23.2 Å². The van der Waals surface area contributed by atoms with Crippen LogP contribution in [0.1, 0.15) is 37.8 Å². The number of halogens is 1. The third kappa shape index (κ3) is 7.46. The van der Waals surface area contributed by atoms with Gasteiger partial charge in [0.25, 0.3) is 0 Å². The Labute approximate surface area is 164 Å². The van der Waals surface area contributed by atoms with Gasteiger partial charge < -0.3 is 20.4 Å². The maximum atomic E-state index is 13.9. The van der Waals surface area contributed by atoms with Crippen LogP contribution in [-0.4, -0.2) is 62.6 Å². The molecule has 0 aliphatic carbocycles. The number of hydrogen-bond donors (Lipinski definition) is 2. The van der Waals surface area contributed by atoms with Gasteiger partial charge in [-0.25, -0.2) is 4.39 Å². The number of likely N-dealkylation sites (tertiary alicyclic amines) is 1. The second-order valence-electron chi connectivity index (χ2n) is 8.20. The zero-order chi connectivity index (χ0) is 19.8. The number of piperidine rings is 1. The molecule has 5 nitrogen and oxygen atoms in total. The average molecular weight is 378 g/mol. The Hall–Kier alpha value is -1.66. The molecule has 6 heteroatoms. The van der Waals surface area contributed by atoms with Gasteiger partial charge in [0.15, 0.2) is 5.96 Å². The molecule has 0 atom stereocenters. The average Bonchev–Trinajstić information content (AvgIpc) is 2.61. The lowest BCUT2D eigenvalue weighted by Crippen LogP contribution is -2.49. The lowest BCUT2D eigenvalue weighted by atomic mass is 10.0. The number of nitrogens with zero attached hydrogens (tertiary/aromatic N) is 3. The second kappa shape index (κ2) is 10.6. The van der Waals surface area contributed by atoms with Crippen molar-refractivity contribution in [3.05, 3.63) is 35.1 Å². The zero-order valence-electron chi connectivity index (χ0n) is 17.6. The lowest BCUT2D eigenvalue weighted by Gasteiger charge is -2.34. The normalized spacial score (nSPS) is 17.0. The third-order valence-corrected chi connectivity index (χ3v) is 4.83. The van der Waals surface area contributed by atoms with E-state index in [-0.39, 0.29) is 5.82 Å². The summed E-state index contributed by atoms with van der Waals surface area (Å²) in [5.41, 5.74) is 1.78. The van der Waals surface area contributed by atoms with E-state index in [4.69, 9.17) is 0 Å². The number of hydrogen-bond acceptors (Lipinski definition) is 3. The van der Waals surface area contributed by atoms with Crippen LogP contribution in [0, 0.1) is 11.7 Å². The molecule has 1 aliphatic rings. The summed E-state index contributed by atoms with van der Waals surface area (Å²) in [4.78, 5) is 8.87. The van der Waals surface area contributed by atoms with Crippen molar-refractivity contribution in [3.8, 4) is 0 Å². The van der Waals surface area contributed by atoms with E-state index in [2.05, 4.69) is 34.4 Å². The summed E-state index contributed by atoms with van der Waals surface area (Å²) in [6.45, 7) is 9.23. The van der Waals surface area contributed by atoms with Gasteiger partial charge in [0.1, 0.15) is 5.82 Å². The molecule has 0 bridgehead atoms. The first-order chi connectivity index (χ1) is 12.9. The molecular weight excluding hydrogens is 341 g/mol. The van der Waals surface area contributed by atoms with Gasteiger partial charge in [-0.15, -0.1) is 0 Å². The molecule has 1 aliphatic heterocycles. The van der Waals surface area contributed by atoms with E-state index in [1.165, 1.54) is 6.54 Å². The highest BCUT2D eigenvalue weighted by Crippen LogP contribution is 2.13.